The number of nitrogens with one attached hydrogen (secondary N) is 1. The largest absolute Gasteiger partial charge is 0.493 e. The van der Waals surface area contributed by atoms with Gasteiger partial charge in [-0.1, -0.05) is 17.7 Å². The van der Waals surface area contributed by atoms with Gasteiger partial charge in [-0.05, 0) is 18.2 Å². The van der Waals surface area contributed by atoms with E-state index in [0.717, 1.165) is 0 Å². The maximum atomic E-state index is 14.4. The summed E-state index contributed by atoms with van der Waals surface area (Å²) in [5.41, 5.74) is 6.41. The van der Waals surface area contributed by atoms with Gasteiger partial charge < -0.3 is 30.5 Å². The summed E-state index contributed by atoms with van der Waals surface area (Å²) < 4.78 is 26.1. The minimum absolute atomic E-state index is 0.00252. The van der Waals surface area contributed by atoms with Gasteiger partial charge in [0.05, 0.1) is 29.9 Å². The molecule has 11 heteroatoms. The maximum Gasteiger partial charge on any atom is 0.241 e. The fourth-order valence-corrected chi connectivity index (χ4v) is 4.00. The van der Waals surface area contributed by atoms with Crippen LogP contribution in [0.4, 0.5) is 15.9 Å². The average molecular weight is 490 g/mol. The molecule has 0 spiro atoms. The lowest BCUT2D eigenvalue weighted by Crippen LogP contribution is -2.50. The summed E-state index contributed by atoms with van der Waals surface area (Å²) in [4.78, 5) is 22.4. The summed E-state index contributed by atoms with van der Waals surface area (Å²) in [6, 6.07) is 7.24. The van der Waals surface area contributed by atoms with Gasteiger partial charge in [-0.15, -0.1) is 0 Å². The molecule has 2 heterocycles. The zero-order valence-corrected chi connectivity index (χ0v) is 19.3. The number of aliphatic hydroxyl groups excluding tert-OH is 1. The maximum absolute atomic E-state index is 14.4. The molecule has 0 aliphatic carbocycles. The standard InChI is InChI=1S/C23H25ClFN5O4/c1-33-19-9-14-18(27-12-28-22(14)29-17-4-2-3-15(24)21(17)25)10-20(19)34-13-5-7-30(8-6-13)23(32)16(26)11-31/h2-4,9-10,12-13,16,31H,5-8,11,26H2,1H3,(H,27,28,29)/t16-/m0/s1. The summed E-state index contributed by atoms with van der Waals surface area (Å²) in [7, 11) is 1.53. The molecule has 1 fully saturated rings. The van der Waals surface area contributed by atoms with Crippen LogP contribution in [-0.4, -0.2) is 64.8 Å². The van der Waals surface area contributed by atoms with E-state index in [1.807, 2.05) is 0 Å². The number of hydrogen-bond donors (Lipinski definition) is 3. The third-order valence-electron chi connectivity index (χ3n) is 5.69. The highest BCUT2D eigenvalue weighted by atomic mass is 35.5. The molecule has 4 rings (SSSR count). The Labute approximate surface area is 200 Å². The van der Waals surface area contributed by atoms with Gasteiger partial charge >= 0.3 is 0 Å². The smallest absolute Gasteiger partial charge is 0.241 e. The first kappa shape index (κ1) is 23.9. The molecule has 9 nitrogen and oxygen atoms in total. The number of anilines is 2. The Bertz CT molecular complexity index is 1190. The van der Waals surface area contributed by atoms with Gasteiger partial charge in [-0.2, -0.15) is 0 Å². The van der Waals surface area contributed by atoms with Crippen LogP contribution < -0.4 is 20.5 Å². The van der Waals surface area contributed by atoms with E-state index in [4.69, 9.17) is 31.9 Å². The molecule has 1 amide bonds. The van der Waals surface area contributed by atoms with E-state index in [-0.39, 0.29) is 29.3 Å². The van der Waals surface area contributed by atoms with E-state index in [2.05, 4.69) is 15.3 Å². The van der Waals surface area contributed by atoms with Crippen LogP contribution in [0.15, 0.2) is 36.7 Å². The van der Waals surface area contributed by atoms with Gasteiger partial charge in [0, 0.05) is 37.4 Å². The first-order valence-electron chi connectivity index (χ1n) is 10.8. The number of amides is 1. The van der Waals surface area contributed by atoms with Crippen LogP contribution >= 0.6 is 11.6 Å². The van der Waals surface area contributed by atoms with Crippen LogP contribution in [0.2, 0.25) is 5.02 Å². The number of halogens is 2. The number of carbonyl (C=O) groups is 1. The SMILES string of the molecule is COc1cc2c(Nc3cccc(Cl)c3F)ncnc2cc1OC1CCN(C(=O)[C@@H](N)CO)CC1. The number of carbonyl (C=O) groups excluding carboxylic acids is 1. The zero-order chi connectivity index (χ0) is 24.2. The van der Waals surface area contributed by atoms with Crippen LogP contribution in [0.3, 0.4) is 0 Å². The van der Waals surface area contributed by atoms with Gasteiger partial charge in [0.25, 0.3) is 0 Å². The predicted octanol–water partition coefficient (Wildman–Crippen LogP) is 2.86. The molecule has 0 radical (unpaired) electrons. The Morgan fingerprint density at radius 3 is 2.79 bits per heavy atom. The van der Waals surface area contributed by atoms with Gasteiger partial charge in [-0.25, -0.2) is 14.4 Å². The van der Waals surface area contributed by atoms with Crippen molar-refractivity contribution in [2.24, 2.45) is 5.73 Å². The first-order chi connectivity index (χ1) is 16.4. The summed E-state index contributed by atoms with van der Waals surface area (Å²) in [5, 5.41) is 12.7. The summed E-state index contributed by atoms with van der Waals surface area (Å²) in [5.74, 6) is 0.524. The van der Waals surface area contributed by atoms with Crippen molar-refractivity contribution in [3.8, 4) is 11.5 Å². The first-order valence-corrected chi connectivity index (χ1v) is 11.1. The van der Waals surface area contributed by atoms with E-state index < -0.39 is 11.9 Å². The second kappa shape index (κ2) is 10.4. The number of nitrogens with zero attached hydrogens (tertiary/aromatic N) is 3. The lowest BCUT2D eigenvalue weighted by atomic mass is 10.1. The fraction of sp³-hybridized carbons (Fsp3) is 0.348. The number of rotatable bonds is 7. The number of methoxy groups -OCH3 is 1. The van der Waals surface area contributed by atoms with Gasteiger partial charge in [-0.3, -0.25) is 4.79 Å². The normalized spacial score (nSPS) is 15.3. The van der Waals surface area contributed by atoms with E-state index in [0.29, 0.717) is 54.2 Å². The van der Waals surface area contributed by atoms with Crippen molar-refractivity contribution in [2.45, 2.75) is 25.0 Å². The van der Waals surface area contributed by atoms with Crippen molar-refractivity contribution < 1.29 is 23.8 Å². The van der Waals surface area contributed by atoms with Gasteiger partial charge in [0.2, 0.25) is 5.91 Å². The van der Waals surface area contributed by atoms with E-state index in [1.165, 1.54) is 19.5 Å². The van der Waals surface area contributed by atoms with Crippen LogP contribution in [0, 0.1) is 5.82 Å². The Kier molecular flexibility index (Phi) is 7.30. The molecule has 1 atom stereocenters. The number of hydrogen-bond acceptors (Lipinski definition) is 8. The van der Waals surface area contributed by atoms with E-state index in [1.54, 1.807) is 29.2 Å². The number of aliphatic hydroxyl groups is 1. The number of aromatic nitrogens is 2. The fourth-order valence-electron chi connectivity index (χ4n) is 3.83. The van der Waals surface area contributed by atoms with Crippen molar-refractivity contribution in [3.05, 3.63) is 47.5 Å². The van der Waals surface area contributed by atoms with E-state index >= 15 is 0 Å². The third-order valence-corrected chi connectivity index (χ3v) is 5.98. The molecule has 0 saturated carbocycles. The zero-order valence-electron chi connectivity index (χ0n) is 18.5. The number of benzene rings is 2. The minimum Gasteiger partial charge on any atom is -0.493 e. The quantitative estimate of drug-likeness (QED) is 0.463. The molecule has 1 aromatic heterocycles. The summed E-state index contributed by atoms with van der Waals surface area (Å²) in [6.45, 7) is 0.579. The molecule has 1 aliphatic rings. The molecule has 180 valence electrons. The second-order valence-corrected chi connectivity index (χ2v) is 8.31. The highest BCUT2D eigenvalue weighted by molar-refractivity contribution is 6.31. The Balaban J connectivity index is 1.54. The number of ether oxygens (including phenoxy) is 2. The highest BCUT2D eigenvalue weighted by Gasteiger charge is 2.27. The van der Waals surface area contributed by atoms with Gasteiger partial charge in [0.1, 0.15) is 24.3 Å². The van der Waals surface area contributed by atoms with Crippen LogP contribution in [0.1, 0.15) is 12.8 Å². The second-order valence-electron chi connectivity index (χ2n) is 7.90. The number of nitrogens with two attached hydrogens (primary N) is 1. The lowest BCUT2D eigenvalue weighted by molar-refractivity contribution is -0.135. The number of piperidine rings is 1. The monoisotopic (exact) mass is 489 g/mol. The van der Waals surface area contributed by atoms with Crippen molar-refractivity contribution in [1.82, 2.24) is 14.9 Å². The molecule has 4 N–H and O–H groups in total. The van der Waals surface area contributed by atoms with Crippen molar-refractivity contribution in [1.29, 1.82) is 0 Å². The van der Waals surface area contributed by atoms with Crippen molar-refractivity contribution in [3.63, 3.8) is 0 Å². The molecular formula is C23H25ClFN5O4. The molecule has 1 saturated heterocycles. The highest BCUT2D eigenvalue weighted by Crippen LogP contribution is 2.36. The van der Waals surface area contributed by atoms with Crippen LogP contribution in [-0.2, 0) is 4.79 Å². The van der Waals surface area contributed by atoms with E-state index in [9.17, 15) is 9.18 Å². The predicted molar refractivity (Wildman–Crippen MR) is 126 cm³/mol. The molecule has 0 unspecified atom stereocenters. The number of likely N-dealkylation sites (tertiary alicyclic amines) is 1. The molecule has 2 aromatic carbocycles. The van der Waals surface area contributed by atoms with Crippen LogP contribution in [0.25, 0.3) is 10.9 Å². The van der Waals surface area contributed by atoms with Crippen LogP contribution in [0.5, 0.6) is 11.5 Å². The number of fused-ring (bicyclic) bond motifs is 1. The van der Waals surface area contributed by atoms with Crippen molar-refractivity contribution in [2.75, 3.05) is 32.1 Å². The van der Waals surface area contributed by atoms with Crippen molar-refractivity contribution >= 4 is 39.9 Å². The minimum atomic E-state index is -0.902. The molecule has 34 heavy (non-hydrogen) atoms. The molecule has 3 aromatic rings. The topological polar surface area (TPSA) is 123 Å². The summed E-state index contributed by atoms with van der Waals surface area (Å²) in [6.07, 6.45) is 2.45. The molecule has 1 aliphatic heterocycles. The third kappa shape index (κ3) is 4.98. The summed E-state index contributed by atoms with van der Waals surface area (Å²) >= 11 is 5.89. The van der Waals surface area contributed by atoms with Gasteiger partial charge in [0.15, 0.2) is 17.3 Å². The molecular weight excluding hydrogens is 465 g/mol. The lowest BCUT2D eigenvalue weighted by Gasteiger charge is -2.33. The molecule has 0 bridgehead atoms. The Morgan fingerprint density at radius 1 is 1.32 bits per heavy atom. The Hall–Kier alpha value is -3.21. The Morgan fingerprint density at radius 2 is 2.09 bits per heavy atom. The average Bonchev–Trinajstić information content (AvgIpc) is 2.86.